The lowest BCUT2D eigenvalue weighted by molar-refractivity contribution is 0.412. The van der Waals surface area contributed by atoms with E-state index in [2.05, 4.69) is 41.8 Å². The van der Waals surface area contributed by atoms with Gasteiger partial charge in [0.05, 0.1) is 13.2 Å². The smallest absolute Gasteiger partial charge is 0.171 e. The third-order valence-electron chi connectivity index (χ3n) is 4.25. The zero-order valence-electron chi connectivity index (χ0n) is 13.6. The topological polar surface area (TPSA) is 33.3 Å². The van der Waals surface area contributed by atoms with E-state index >= 15 is 0 Å². The van der Waals surface area contributed by atoms with Crippen molar-refractivity contribution in [3.05, 3.63) is 59.2 Å². The van der Waals surface area contributed by atoms with Crippen LogP contribution in [0.2, 0.25) is 0 Å². The maximum atomic E-state index is 5.49. The number of benzene rings is 2. The second kappa shape index (κ2) is 7.01. The maximum absolute atomic E-state index is 5.49. The van der Waals surface area contributed by atoms with Crippen LogP contribution in [0.1, 0.15) is 35.6 Å². The van der Waals surface area contributed by atoms with E-state index in [9.17, 15) is 0 Å². The molecule has 0 saturated carbocycles. The van der Waals surface area contributed by atoms with Crippen molar-refractivity contribution in [2.75, 3.05) is 12.4 Å². The number of thiocarbonyl (C=S) groups is 1. The molecule has 3 rings (SSSR count). The Balaban J connectivity index is 1.70. The molecule has 2 aromatic rings. The Labute approximate surface area is 143 Å². The zero-order chi connectivity index (χ0) is 16.2. The molecule has 2 aromatic carbocycles. The van der Waals surface area contributed by atoms with Crippen molar-refractivity contribution in [1.82, 2.24) is 5.32 Å². The fourth-order valence-corrected chi connectivity index (χ4v) is 3.38. The summed E-state index contributed by atoms with van der Waals surface area (Å²) in [4.78, 5) is 0. The molecule has 0 amide bonds. The van der Waals surface area contributed by atoms with Crippen molar-refractivity contribution in [2.45, 2.75) is 32.2 Å². The van der Waals surface area contributed by atoms with Gasteiger partial charge >= 0.3 is 0 Å². The van der Waals surface area contributed by atoms with Crippen molar-refractivity contribution in [1.29, 1.82) is 0 Å². The van der Waals surface area contributed by atoms with E-state index < -0.39 is 0 Å². The molecule has 0 radical (unpaired) electrons. The number of methoxy groups -OCH3 is 1. The molecule has 4 heteroatoms. The number of hydrogen-bond donors (Lipinski definition) is 2. The lowest BCUT2D eigenvalue weighted by Crippen LogP contribution is -2.34. The van der Waals surface area contributed by atoms with Crippen LogP contribution in [0, 0.1) is 6.92 Å². The molecule has 23 heavy (non-hydrogen) atoms. The van der Waals surface area contributed by atoms with Crippen LogP contribution in [-0.4, -0.2) is 12.2 Å². The SMILES string of the molecule is COc1ccc2c(c1)CCCC2NC(=S)Nc1cccc(C)c1. The van der Waals surface area contributed by atoms with Crippen molar-refractivity contribution >= 4 is 23.0 Å². The number of fused-ring (bicyclic) bond motifs is 1. The molecular formula is C19H22N2OS. The van der Waals surface area contributed by atoms with Crippen LogP contribution in [0.25, 0.3) is 0 Å². The molecule has 0 aromatic heterocycles. The number of anilines is 1. The fraction of sp³-hybridized carbons (Fsp3) is 0.316. The predicted octanol–water partition coefficient (Wildman–Crippen LogP) is 4.37. The van der Waals surface area contributed by atoms with E-state index in [1.165, 1.54) is 16.7 Å². The molecule has 120 valence electrons. The quantitative estimate of drug-likeness (QED) is 0.821. The summed E-state index contributed by atoms with van der Waals surface area (Å²) in [5.74, 6) is 0.921. The van der Waals surface area contributed by atoms with Gasteiger partial charge < -0.3 is 15.4 Å². The first-order chi connectivity index (χ1) is 11.2. The Bertz CT molecular complexity index is 714. The van der Waals surface area contributed by atoms with Crippen LogP contribution < -0.4 is 15.4 Å². The van der Waals surface area contributed by atoms with Gasteiger partial charge in [0, 0.05) is 5.69 Å². The number of hydrogen-bond acceptors (Lipinski definition) is 2. The van der Waals surface area contributed by atoms with Gasteiger partial charge in [-0.1, -0.05) is 18.2 Å². The largest absolute Gasteiger partial charge is 0.497 e. The van der Waals surface area contributed by atoms with Gasteiger partial charge in [-0.15, -0.1) is 0 Å². The highest BCUT2D eigenvalue weighted by molar-refractivity contribution is 7.80. The van der Waals surface area contributed by atoms with E-state index in [4.69, 9.17) is 17.0 Å². The monoisotopic (exact) mass is 326 g/mol. The number of aryl methyl sites for hydroxylation is 2. The second-order valence-corrected chi connectivity index (χ2v) is 6.39. The van der Waals surface area contributed by atoms with Crippen LogP contribution in [0.4, 0.5) is 5.69 Å². The molecule has 1 aliphatic rings. The van der Waals surface area contributed by atoms with Gasteiger partial charge in [0.1, 0.15) is 5.75 Å². The van der Waals surface area contributed by atoms with Crippen LogP contribution in [-0.2, 0) is 6.42 Å². The molecule has 1 atom stereocenters. The summed E-state index contributed by atoms with van der Waals surface area (Å²) in [5.41, 5.74) is 4.91. The first-order valence-electron chi connectivity index (χ1n) is 7.97. The van der Waals surface area contributed by atoms with Crippen LogP contribution in [0.3, 0.4) is 0 Å². The average molecular weight is 326 g/mol. The van der Waals surface area contributed by atoms with Crippen molar-refractivity contribution < 1.29 is 4.74 Å². The molecule has 0 heterocycles. The van der Waals surface area contributed by atoms with Crippen LogP contribution in [0.5, 0.6) is 5.75 Å². The summed E-state index contributed by atoms with van der Waals surface area (Å²) >= 11 is 5.49. The molecule has 2 N–H and O–H groups in total. The minimum atomic E-state index is 0.259. The number of nitrogens with one attached hydrogen (secondary N) is 2. The highest BCUT2D eigenvalue weighted by atomic mass is 32.1. The fourth-order valence-electron chi connectivity index (χ4n) is 3.12. The minimum Gasteiger partial charge on any atom is -0.497 e. The third-order valence-corrected chi connectivity index (χ3v) is 4.47. The van der Waals surface area contributed by atoms with E-state index in [1.54, 1.807) is 7.11 Å². The van der Waals surface area contributed by atoms with E-state index in [0.29, 0.717) is 5.11 Å². The van der Waals surface area contributed by atoms with Gasteiger partial charge in [0.2, 0.25) is 0 Å². The standard InChI is InChI=1S/C19H22N2OS/c1-13-5-3-7-15(11-13)20-19(23)21-18-8-4-6-14-12-16(22-2)9-10-17(14)18/h3,5,7,9-12,18H,4,6,8H2,1-2H3,(H2,20,21,23). The van der Waals surface area contributed by atoms with Gasteiger partial charge in [-0.2, -0.15) is 0 Å². The van der Waals surface area contributed by atoms with Gasteiger partial charge in [0.15, 0.2) is 5.11 Å². The van der Waals surface area contributed by atoms with E-state index in [-0.39, 0.29) is 6.04 Å². The van der Waals surface area contributed by atoms with Crippen LogP contribution in [0.15, 0.2) is 42.5 Å². The Morgan fingerprint density at radius 1 is 1.22 bits per heavy atom. The van der Waals surface area contributed by atoms with E-state index in [1.807, 2.05) is 18.2 Å². The molecule has 0 aliphatic heterocycles. The number of ether oxygens (including phenoxy) is 1. The minimum absolute atomic E-state index is 0.259. The maximum Gasteiger partial charge on any atom is 0.171 e. The van der Waals surface area contributed by atoms with Gasteiger partial charge in [-0.25, -0.2) is 0 Å². The first kappa shape index (κ1) is 15.8. The molecule has 0 fully saturated rings. The van der Waals surface area contributed by atoms with Gasteiger partial charge in [-0.3, -0.25) is 0 Å². The van der Waals surface area contributed by atoms with Gasteiger partial charge in [-0.05, 0) is 79.4 Å². The summed E-state index contributed by atoms with van der Waals surface area (Å²) in [6, 6.07) is 14.8. The predicted molar refractivity (Wildman–Crippen MR) is 99.2 cm³/mol. The van der Waals surface area contributed by atoms with Crippen molar-refractivity contribution in [3.63, 3.8) is 0 Å². The molecular weight excluding hydrogens is 304 g/mol. The van der Waals surface area contributed by atoms with Crippen molar-refractivity contribution in [3.8, 4) is 5.75 Å². The molecule has 1 unspecified atom stereocenters. The molecule has 1 aliphatic carbocycles. The number of rotatable bonds is 3. The molecule has 0 bridgehead atoms. The average Bonchev–Trinajstić information content (AvgIpc) is 2.54. The normalized spacial score (nSPS) is 16.3. The lowest BCUT2D eigenvalue weighted by Gasteiger charge is -2.28. The van der Waals surface area contributed by atoms with Crippen molar-refractivity contribution in [2.24, 2.45) is 0 Å². The highest BCUT2D eigenvalue weighted by Crippen LogP contribution is 2.32. The Morgan fingerprint density at radius 3 is 2.87 bits per heavy atom. The first-order valence-corrected chi connectivity index (χ1v) is 8.37. The molecule has 3 nitrogen and oxygen atoms in total. The summed E-state index contributed by atoms with van der Waals surface area (Å²) in [6.07, 6.45) is 3.35. The summed E-state index contributed by atoms with van der Waals surface area (Å²) in [7, 11) is 1.71. The Morgan fingerprint density at radius 2 is 2.09 bits per heavy atom. The van der Waals surface area contributed by atoms with Crippen LogP contribution >= 0.6 is 12.2 Å². The summed E-state index contributed by atoms with van der Waals surface area (Å²) in [6.45, 7) is 2.08. The summed E-state index contributed by atoms with van der Waals surface area (Å²) < 4.78 is 5.33. The Kier molecular flexibility index (Phi) is 4.82. The molecule has 0 spiro atoms. The highest BCUT2D eigenvalue weighted by Gasteiger charge is 2.21. The van der Waals surface area contributed by atoms with E-state index in [0.717, 1.165) is 30.7 Å². The Hall–Kier alpha value is -2.07. The zero-order valence-corrected chi connectivity index (χ0v) is 14.4. The summed E-state index contributed by atoms with van der Waals surface area (Å²) in [5, 5.41) is 7.41. The van der Waals surface area contributed by atoms with Gasteiger partial charge in [0.25, 0.3) is 0 Å². The molecule has 0 saturated heterocycles. The second-order valence-electron chi connectivity index (χ2n) is 5.98. The third kappa shape index (κ3) is 3.82. The lowest BCUT2D eigenvalue weighted by atomic mass is 9.87.